The number of aromatic amines is 4. The van der Waals surface area contributed by atoms with Gasteiger partial charge in [-0.2, -0.15) is 0 Å². The number of carbonyl (C=O) groups excluding carboxylic acids is 8. The van der Waals surface area contributed by atoms with Crippen molar-refractivity contribution in [1.82, 2.24) is 19.9 Å². The highest BCUT2D eigenvalue weighted by molar-refractivity contribution is 5.78. The Hall–Kier alpha value is -7.12. The Morgan fingerprint density at radius 3 is 0.592 bits per heavy atom. The number of ether oxygens (including phenoxy) is 8. The molecule has 5 rings (SSSR count). The number of rotatable bonds is 28. The fraction of sp³-hybridized carbons (Fsp3) is 0.571. The normalized spacial score (nSPS) is 11.9. The molecule has 4 aromatic heterocycles. The van der Waals surface area contributed by atoms with E-state index in [2.05, 4.69) is 19.9 Å². The average Bonchev–Trinajstić information content (AvgIpc) is 4.06. The molecule has 0 atom stereocenters. The predicted octanol–water partition coefficient (Wildman–Crippen LogP) is 6.08. The summed E-state index contributed by atoms with van der Waals surface area (Å²) < 4.78 is 43.6. The third kappa shape index (κ3) is 16.4. The van der Waals surface area contributed by atoms with Gasteiger partial charge in [0, 0.05) is 96.9 Å². The highest BCUT2D eigenvalue weighted by Crippen LogP contribution is 2.36. The van der Waals surface area contributed by atoms with Crippen molar-refractivity contribution in [3.05, 3.63) is 90.1 Å². The quantitative estimate of drug-likeness (QED) is 0.0326. The van der Waals surface area contributed by atoms with E-state index in [0.717, 1.165) is 0 Å². The monoisotopic (exact) mass is 1060 g/mol. The van der Waals surface area contributed by atoms with Crippen molar-refractivity contribution in [2.24, 2.45) is 0 Å². The molecule has 416 valence electrons. The molecule has 0 aliphatic carbocycles. The summed E-state index contributed by atoms with van der Waals surface area (Å²) in [4.78, 5) is 122. The molecule has 0 aromatic carbocycles. The summed E-state index contributed by atoms with van der Waals surface area (Å²) >= 11 is 0. The molecular weight excluding hydrogens is 985 g/mol. The van der Waals surface area contributed by atoms with Crippen LogP contribution in [0.4, 0.5) is 0 Å². The van der Waals surface area contributed by atoms with Gasteiger partial charge in [0.1, 0.15) is 0 Å². The Bertz CT molecular complexity index is 2680. The fourth-order valence-corrected chi connectivity index (χ4v) is 10.0. The molecule has 0 saturated carbocycles. The maximum absolute atomic E-state index is 13.7. The molecule has 0 radical (unpaired) electrons. The zero-order valence-electron chi connectivity index (χ0n) is 45.5. The van der Waals surface area contributed by atoms with Crippen LogP contribution in [0.3, 0.4) is 0 Å². The zero-order chi connectivity index (χ0) is 55.3. The van der Waals surface area contributed by atoms with Gasteiger partial charge < -0.3 is 57.8 Å². The van der Waals surface area contributed by atoms with E-state index in [0.29, 0.717) is 90.1 Å². The lowest BCUT2D eigenvalue weighted by Crippen LogP contribution is -2.13. The Labute approximate surface area is 443 Å². The smallest absolute Gasteiger partial charge is 0.310 e. The Balaban J connectivity index is 1.95. The standard InChI is InChI=1S/C56H76N4O16/c1-9-69-49(61)21-17-33-37(25-53(65)73-13-5)45-30-43-35(19-23-51(63)71-11-3)38(26-54(66)74-14-6)46(59-43)31-44-36(20-24-52(64)72-12-4)40(28-56(68)76-16-8)48(60-44)32-47-39(27-55(67)75-15-7)34(18-22-50(62)70-10-2)42(58-47)29-41(33)57-45/h57-60H,9-32H2,1-8H3. The minimum atomic E-state index is -0.519. The number of hydrogen-bond donors (Lipinski definition) is 4. The van der Waals surface area contributed by atoms with Crippen molar-refractivity contribution in [1.29, 1.82) is 0 Å². The molecule has 20 heteroatoms. The molecule has 4 aromatic rings. The Kier molecular flexibility index (Phi) is 23.5. The van der Waals surface area contributed by atoms with Crippen molar-refractivity contribution in [3.63, 3.8) is 0 Å². The zero-order valence-corrected chi connectivity index (χ0v) is 45.5. The number of nitrogens with one attached hydrogen (secondary N) is 4. The predicted molar refractivity (Wildman–Crippen MR) is 276 cm³/mol. The lowest BCUT2D eigenvalue weighted by molar-refractivity contribution is -0.144. The van der Waals surface area contributed by atoms with Gasteiger partial charge in [-0.25, -0.2) is 0 Å². The van der Waals surface area contributed by atoms with Crippen LogP contribution in [-0.2, 0) is 153 Å². The van der Waals surface area contributed by atoms with Crippen LogP contribution in [0.5, 0.6) is 0 Å². The van der Waals surface area contributed by atoms with Crippen molar-refractivity contribution < 1.29 is 76.3 Å². The van der Waals surface area contributed by atoms with Crippen LogP contribution >= 0.6 is 0 Å². The topological polar surface area (TPSA) is 274 Å². The molecule has 1 aliphatic heterocycles. The third-order valence-corrected chi connectivity index (χ3v) is 13.0. The average molecular weight is 1060 g/mol. The van der Waals surface area contributed by atoms with E-state index in [1.807, 2.05) is 0 Å². The second-order valence-electron chi connectivity index (χ2n) is 18.0. The van der Waals surface area contributed by atoms with Gasteiger partial charge in [0.05, 0.1) is 78.5 Å². The van der Waals surface area contributed by atoms with Gasteiger partial charge in [0.2, 0.25) is 0 Å². The number of aromatic nitrogens is 4. The Morgan fingerprint density at radius 2 is 0.421 bits per heavy atom. The summed E-state index contributed by atoms with van der Waals surface area (Å²) in [6.07, 6.45) is 0.0902. The van der Waals surface area contributed by atoms with Gasteiger partial charge in [0.25, 0.3) is 0 Å². The van der Waals surface area contributed by atoms with Gasteiger partial charge in [-0.3, -0.25) is 38.4 Å². The maximum atomic E-state index is 13.7. The molecule has 0 unspecified atom stereocenters. The summed E-state index contributed by atoms with van der Waals surface area (Å²) in [7, 11) is 0. The molecule has 76 heavy (non-hydrogen) atoms. The lowest BCUT2D eigenvalue weighted by Gasteiger charge is -2.12. The van der Waals surface area contributed by atoms with Gasteiger partial charge >= 0.3 is 47.8 Å². The lowest BCUT2D eigenvalue weighted by atomic mass is 9.93. The molecule has 0 spiro atoms. The van der Waals surface area contributed by atoms with E-state index >= 15 is 0 Å². The Morgan fingerprint density at radius 1 is 0.263 bits per heavy atom. The van der Waals surface area contributed by atoms with Crippen LogP contribution in [0.15, 0.2) is 0 Å². The summed E-state index contributed by atoms with van der Waals surface area (Å²) in [6, 6.07) is 0. The molecule has 0 saturated heterocycles. The SMILES string of the molecule is CCOC(=O)CCc1c2[nH]c(c1CC(=O)OCC)Cc1[nH]c(c(CC(=O)OCC)c1CCC(=O)OCC)Cc1[nH]c(c(CC(=O)OCC)c1CCC(=O)OCC)Cc1[nH]c(c(CCC(=O)OCC)c1CC(=O)OCC)C2. The summed E-state index contributed by atoms with van der Waals surface area (Å²) in [5, 5.41) is 0. The molecule has 20 nitrogen and oxygen atoms in total. The minimum absolute atomic E-state index is 0.0361. The second-order valence-corrected chi connectivity index (χ2v) is 18.0. The van der Waals surface area contributed by atoms with E-state index in [9.17, 15) is 38.4 Å². The number of fused-ring (bicyclic) bond motifs is 8. The van der Waals surface area contributed by atoms with Crippen LogP contribution in [0, 0.1) is 0 Å². The van der Waals surface area contributed by atoms with Gasteiger partial charge in [-0.15, -0.1) is 0 Å². The van der Waals surface area contributed by atoms with Crippen LogP contribution in [-0.4, -0.2) is 121 Å². The van der Waals surface area contributed by atoms with E-state index in [1.54, 1.807) is 55.4 Å². The summed E-state index contributed by atoms with van der Waals surface area (Å²) in [6.45, 7) is 14.8. The number of esters is 8. The van der Waals surface area contributed by atoms with Crippen LogP contribution in [0.1, 0.15) is 171 Å². The highest BCUT2D eigenvalue weighted by Gasteiger charge is 2.31. The number of hydrogen-bond acceptors (Lipinski definition) is 16. The maximum Gasteiger partial charge on any atom is 0.310 e. The van der Waals surface area contributed by atoms with E-state index in [1.165, 1.54) is 0 Å². The summed E-state index contributed by atoms with van der Waals surface area (Å²) in [5.41, 5.74) is 9.64. The first-order valence-corrected chi connectivity index (χ1v) is 26.7. The number of H-pyrrole nitrogens is 4. The van der Waals surface area contributed by atoms with Crippen LogP contribution < -0.4 is 0 Å². The molecule has 4 N–H and O–H groups in total. The summed E-state index contributed by atoms with van der Waals surface area (Å²) in [5.74, 6) is -3.87. The third-order valence-electron chi connectivity index (χ3n) is 13.0. The second kappa shape index (κ2) is 29.8. The van der Waals surface area contributed by atoms with Crippen LogP contribution in [0.25, 0.3) is 0 Å². The molecular formula is C56H76N4O16. The number of carbonyl (C=O) groups is 8. The van der Waals surface area contributed by atoms with E-state index in [-0.39, 0.29) is 156 Å². The van der Waals surface area contributed by atoms with E-state index in [4.69, 9.17) is 37.9 Å². The minimum Gasteiger partial charge on any atom is -0.466 e. The van der Waals surface area contributed by atoms with Gasteiger partial charge in [0.15, 0.2) is 0 Å². The first kappa shape index (κ1) is 59.8. The van der Waals surface area contributed by atoms with Gasteiger partial charge in [-0.05, 0) is 126 Å². The van der Waals surface area contributed by atoms with Gasteiger partial charge in [-0.1, -0.05) is 0 Å². The van der Waals surface area contributed by atoms with Crippen molar-refractivity contribution in [3.8, 4) is 0 Å². The van der Waals surface area contributed by atoms with Crippen LogP contribution in [0.2, 0.25) is 0 Å². The van der Waals surface area contributed by atoms with Crippen molar-refractivity contribution in [2.75, 3.05) is 52.9 Å². The molecule has 0 fully saturated rings. The van der Waals surface area contributed by atoms with E-state index < -0.39 is 47.8 Å². The van der Waals surface area contributed by atoms with Crippen molar-refractivity contribution >= 4 is 47.8 Å². The molecule has 8 bridgehead atoms. The first-order valence-electron chi connectivity index (χ1n) is 26.7. The molecule has 5 heterocycles. The fourth-order valence-electron chi connectivity index (χ4n) is 10.0. The first-order chi connectivity index (χ1) is 36.6. The highest BCUT2D eigenvalue weighted by atomic mass is 16.6. The largest absolute Gasteiger partial charge is 0.466 e. The molecule has 1 aliphatic rings. The van der Waals surface area contributed by atoms with Crippen molar-refractivity contribution in [2.45, 2.75) is 158 Å². The molecule has 0 amide bonds.